The Labute approximate surface area is 153 Å². The van der Waals surface area contributed by atoms with Gasteiger partial charge in [-0.25, -0.2) is 9.97 Å². The Hall–Kier alpha value is -2.69. The molecule has 0 bridgehead atoms. The molecule has 134 valence electrons. The van der Waals surface area contributed by atoms with Crippen LogP contribution in [0.25, 0.3) is 10.9 Å². The zero-order chi connectivity index (χ0) is 17.9. The Morgan fingerprint density at radius 3 is 3.08 bits per heavy atom. The van der Waals surface area contributed by atoms with Crippen molar-refractivity contribution in [3.8, 4) is 0 Å². The molecular weight excluding hydrogens is 324 g/mol. The van der Waals surface area contributed by atoms with Gasteiger partial charge in [0.2, 0.25) is 5.91 Å². The van der Waals surface area contributed by atoms with Crippen LogP contribution in [-0.4, -0.2) is 38.8 Å². The van der Waals surface area contributed by atoms with E-state index in [1.165, 1.54) is 10.9 Å². The summed E-state index contributed by atoms with van der Waals surface area (Å²) in [7, 11) is 0. The van der Waals surface area contributed by atoms with Crippen molar-refractivity contribution in [1.29, 1.82) is 0 Å². The Bertz CT molecular complexity index is 917. The van der Waals surface area contributed by atoms with Gasteiger partial charge in [-0.3, -0.25) is 4.79 Å². The van der Waals surface area contributed by atoms with Gasteiger partial charge in [0.1, 0.15) is 5.82 Å². The number of benzene rings is 1. The van der Waals surface area contributed by atoms with E-state index in [1.807, 2.05) is 42.4 Å². The van der Waals surface area contributed by atoms with Crippen molar-refractivity contribution in [2.75, 3.05) is 13.1 Å². The molecule has 0 spiro atoms. The predicted octanol–water partition coefficient (Wildman–Crippen LogP) is 3.61. The highest BCUT2D eigenvalue weighted by Crippen LogP contribution is 2.26. The number of carbonyl (C=O) groups excluding carboxylic acids is 1. The number of amides is 1. The SMILES string of the molecule is Cc1nccc(C2CCCN(C(=O)CCc3c[nH]c4ccccc34)C2)n1. The number of H-pyrrole nitrogens is 1. The number of carbonyl (C=O) groups is 1. The summed E-state index contributed by atoms with van der Waals surface area (Å²) in [6.45, 7) is 3.53. The van der Waals surface area contributed by atoms with Gasteiger partial charge in [-0.2, -0.15) is 0 Å². The van der Waals surface area contributed by atoms with Gasteiger partial charge in [0.25, 0.3) is 0 Å². The lowest BCUT2D eigenvalue weighted by Gasteiger charge is -2.32. The molecule has 1 saturated heterocycles. The third-order valence-electron chi connectivity index (χ3n) is 5.27. The number of fused-ring (bicyclic) bond motifs is 1. The summed E-state index contributed by atoms with van der Waals surface area (Å²) in [5.41, 5.74) is 3.41. The predicted molar refractivity (Wildman–Crippen MR) is 102 cm³/mol. The molecule has 1 fully saturated rings. The van der Waals surface area contributed by atoms with Gasteiger partial charge in [0.05, 0.1) is 0 Å². The van der Waals surface area contributed by atoms with Crippen LogP contribution in [0.15, 0.2) is 42.7 Å². The van der Waals surface area contributed by atoms with E-state index in [4.69, 9.17) is 0 Å². The quantitative estimate of drug-likeness (QED) is 0.783. The van der Waals surface area contributed by atoms with Crippen LogP contribution in [0.5, 0.6) is 0 Å². The summed E-state index contributed by atoms with van der Waals surface area (Å²) in [5, 5.41) is 1.22. The molecule has 1 amide bonds. The standard InChI is InChI=1S/C21H24N4O/c1-15-22-11-10-19(24-15)17-5-4-12-25(14-17)21(26)9-8-16-13-23-20-7-3-2-6-18(16)20/h2-3,6-7,10-11,13,17,23H,4-5,8-9,12,14H2,1H3. The number of hydrogen-bond acceptors (Lipinski definition) is 3. The van der Waals surface area contributed by atoms with Crippen LogP contribution in [0.4, 0.5) is 0 Å². The molecule has 0 radical (unpaired) electrons. The number of aryl methyl sites for hydroxylation is 2. The zero-order valence-electron chi connectivity index (χ0n) is 15.1. The normalized spacial score (nSPS) is 17.6. The summed E-state index contributed by atoms with van der Waals surface area (Å²) in [6.07, 6.45) is 7.29. The van der Waals surface area contributed by atoms with Gasteiger partial charge in [-0.1, -0.05) is 18.2 Å². The van der Waals surface area contributed by atoms with E-state index in [0.29, 0.717) is 12.3 Å². The first-order valence-electron chi connectivity index (χ1n) is 9.33. The molecule has 1 N–H and O–H groups in total. The zero-order valence-corrected chi connectivity index (χ0v) is 15.1. The van der Waals surface area contributed by atoms with Crippen LogP contribution in [0.1, 0.15) is 42.3 Å². The second-order valence-electron chi connectivity index (χ2n) is 7.07. The van der Waals surface area contributed by atoms with E-state index in [9.17, 15) is 4.79 Å². The maximum absolute atomic E-state index is 12.8. The van der Waals surface area contributed by atoms with Gasteiger partial charge in [0, 0.05) is 54.4 Å². The highest BCUT2D eigenvalue weighted by Gasteiger charge is 2.25. The Kier molecular flexibility index (Phi) is 4.69. The molecule has 1 aliphatic heterocycles. The van der Waals surface area contributed by atoms with E-state index < -0.39 is 0 Å². The van der Waals surface area contributed by atoms with Crippen molar-refractivity contribution in [2.24, 2.45) is 0 Å². The molecule has 1 aromatic carbocycles. The number of nitrogens with one attached hydrogen (secondary N) is 1. The third kappa shape index (κ3) is 3.47. The van der Waals surface area contributed by atoms with E-state index in [2.05, 4.69) is 27.1 Å². The first kappa shape index (κ1) is 16.8. The molecule has 3 aromatic rings. The fourth-order valence-corrected chi connectivity index (χ4v) is 3.89. The lowest BCUT2D eigenvalue weighted by molar-refractivity contribution is -0.132. The Balaban J connectivity index is 1.40. The number of nitrogens with zero attached hydrogens (tertiary/aromatic N) is 3. The van der Waals surface area contributed by atoms with E-state index in [1.54, 1.807) is 0 Å². The average molecular weight is 348 g/mol. The minimum atomic E-state index is 0.241. The Morgan fingerprint density at radius 1 is 1.31 bits per heavy atom. The number of likely N-dealkylation sites (tertiary alicyclic amines) is 1. The molecule has 1 unspecified atom stereocenters. The van der Waals surface area contributed by atoms with Crippen molar-refractivity contribution >= 4 is 16.8 Å². The molecule has 2 aromatic heterocycles. The molecule has 0 aliphatic carbocycles. The summed E-state index contributed by atoms with van der Waals surface area (Å²) >= 11 is 0. The third-order valence-corrected chi connectivity index (χ3v) is 5.27. The maximum atomic E-state index is 12.8. The molecule has 1 atom stereocenters. The molecule has 1 aliphatic rings. The first-order valence-corrected chi connectivity index (χ1v) is 9.33. The maximum Gasteiger partial charge on any atom is 0.222 e. The average Bonchev–Trinajstić information content (AvgIpc) is 3.09. The number of rotatable bonds is 4. The number of para-hydroxylation sites is 1. The van der Waals surface area contributed by atoms with Crippen molar-refractivity contribution in [3.63, 3.8) is 0 Å². The van der Waals surface area contributed by atoms with Gasteiger partial charge in [-0.15, -0.1) is 0 Å². The van der Waals surface area contributed by atoms with Crippen molar-refractivity contribution < 1.29 is 4.79 Å². The summed E-state index contributed by atoms with van der Waals surface area (Å²) < 4.78 is 0. The lowest BCUT2D eigenvalue weighted by Crippen LogP contribution is -2.39. The highest BCUT2D eigenvalue weighted by molar-refractivity contribution is 5.84. The highest BCUT2D eigenvalue weighted by atomic mass is 16.2. The summed E-state index contributed by atoms with van der Waals surface area (Å²) in [5.74, 6) is 1.36. The van der Waals surface area contributed by atoms with Crippen molar-refractivity contribution in [1.82, 2.24) is 19.9 Å². The van der Waals surface area contributed by atoms with Crippen LogP contribution >= 0.6 is 0 Å². The minimum absolute atomic E-state index is 0.241. The number of hydrogen-bond donors (Lipinski definition) is 1. The number of piperidine rings is 1. The molecular formula is C21H24N4O. The number of aromatic amines is 1. The van der Waals surface area contributed by atoms with Gasteiger partial charge in [-0.05, 0) is 43.9 Å². The minimum Gasteiger partial charge on any atom is -0.361 e. The van der Waals surface area contributed by atoms with E-state index in [0.717, 1.165) is 49.4 Å². The number of aromatic nitrogens is 3. The second kappa shape index (κ2) is 7.28. The lowest BCUT2D eigenvalue weighted by atomic mass is 9.94. The van der Waals surface area contributed by atoms with Crippen LogP contribution in [0.3, 0.4) is 0 Å². The second-order valence-corrected chi connectivity index (χ2v) is 7.07. The van der Waals surface area contributed by atoms with Crippen LogP contribution < -0.4 is 0 Å². The van der Waals surface area contributed by atoms with Crippen molar-refractivity contribution in [2.45, 2.75) is 38.5 Å². The monoisotopic (exact) mass is 348 g/mol. The van der Waals surface area contributed by atoms with Crippen LogP contribution in [-0.2, 0) is 11.2 Å². The Morgan fingerprint density at radius 2 is 2.19 bits per heavy atom. The van der Waals surface area contributed by atoms with Crippen LogP contribution in [0, 0.1) is 6.92 Å². The first-order chi connectivity index (χ1) is 12.7. The molecule has 5 heteroatoms. The van der Waals surface area contributed by atoms with Gasteiger partial charge >= 0.3 is 0 Å². The van der Waals surface area contributed by atoms with Crippen LogP contribution in [0.2, 0.25) is 0 Å². The topological polar surface area (TPSA) is 61.9 Å². The van der Waals surface area contributed by atoms with Gasteiger partial charge < -0.3 is 9.88 Å². The van der Waals surface area contributed by atoms with E-state index in [-0.39, 0.29) is 5.91 Å². The molecule has 26 heavy (non-hydrogen) atoms. The molecule has 5 nitrogen and oxygen atoms in total. The smallest absolute Gasteiger partial charge is 0.222 e. The fraction of sp³-hybridized carbons (Fsp3) is 0.381. The molecule has 3 heterocycles. The largest absolute Gasteiger partial charge is 0.361 e. The molecule has 0 saturated carbocycles. The fourth-order valence-electron chi connectivity index (χ4n) is 3.89. The summed E-state index contributed by atoms with van der Waals surface area (Å²) in [6, 6.07) is 10.2. The van der Waals surface area contributed by atoms with Gasteiger partial charge in [0.15, 0.2) is 0 Å². The molecule has 4 rings (SSSR count). The summed E-state index contributed by atoms with van der Waals surface area (Å²) in [4.78, 5) is 26.8. The van der Waals surface area contributed by atoms with Crippen molar-refractivity contribution in [3.05, 3.63) is 59.8 Å². The van der Waals surface area contributed by atoms with E-state index >= 15 is 0 Å².